The Morgan fingerprint density at radius 1 is 0.381 bits per heavy atom. The molecule has 0 aromatic carbocycles. The van der Waals surface area contributed by atoms with Crippen LogP contribution in [0.2, 0.25) is 0 Å². The van der Waals surface area contributed by atoms with Crippen LogP contribution in [0.4, 0.5) is 0 Å². The second-order valence-corrected chi connectivity index (χ2v) is 3.67. The molecule has 0 atom stereocenters. The Bertz CT molecular complexity index is 342. The molecule has 0 aromatic rings. The van der Waals surface area contributed by atoms with E-state index in [2.05, 4.69) is 0 Å². The minimum atomic E-state index is -5.17. The van der Waals surface area contributed by atoms with Gasteiger partial charge in [0.1, 0.15) is 0 Å². The number of hydrogen-bond donors (Lipinski definition) is 0. The van der Waals surface area contributed by atoms with E-state index >= 15 is 0 Å². The van der Waals surface area contributed by atoms with Gasteiger partial charge in [-0.25, -0.2) is 0 Å². The van der Waals surface area contributed by atoms with Gasteiger partial charge in [0.15, 0.2) is 0 Å². The molecule has 0 rings (SSSR count). The molecule has 0 saturated heterocycles. The summed E-state index contributed by atoms with van der Waals surface area (Å²) < 4.78 is 102. The summed E-state index contributed by atoms with van der Waals surface area (Å²) in [4.78, 5) is 0. The zero-order valence-electron chi connectivity index (χ0n) is 8.94. The average molecular weight is 464 g/mol. The molecule has 0 spiro atoms. The van der Waals surface area contributed by atoms with Gasteiger partial charge in [0.2, 0.25) is 0 Å². The van der Waals surface area contributed by atoms with Crippen LogP contribution in [0.15, 0.2) is 0 Å². The zero-order chi connectivity index (χ0) is 13.5. The van der Waals surface area contributed by atoms with Crippen LogP contribution in [0.5, 0.6) is 0 Å². The van der Waals surface area contributed by atoms with Crippen molar-refractivity contribution in [1.82, 2.24) is 0 Å². The minimum absolute atomic E-state index is 0. The Hall–Kier alpha value is 0.515. The van der Waals surface area contributed by atoms with E-state index in [1.54, 1.807) is 0 Å². The number of rotatable bonds is 0. The van der Waals surface area contributed by atoms with E-state index in [-0.39, 0.29) is 56.6 Å². The van der Waals surface area contributed by atoms with E-state index in [0.29, 0.717) is 0 Å². The van der Waals surface area contributed by atoms with Gasteiger partial charge in [-0.1, -0.05) is 0 Å². The quantitative estimate of drug-likeness (QED) is 0.238. The normalized spacial score (nSPS) is 8.29. The third-order valence-electron chi connectivity index (χ3n) is 0. The van der Waals surface area contributed by atoms with E-state index in [9.17, 15) is 0 Å². The average Bonchev–Trinajstić information content (AvgIpc) is 1.41. The molecule has 21 heavy (non-hydrogen) atoms. The summed E-state index contributed by atoms with van der Waals surface area (Å²) in [6.07, 6.45) is 0. The molecule has 16 nitrogen and oxygen atoms in total. The predicted molar refractivity (Wildman–Crippen MR) is 45.9 cm³/mol. The van der Waals surface area contributed by atoms with Gasteiger partial charge in [-0.05, 0) is 0 Å². The predicted octanol–water partition coefficient (Wildman–Crippen LogP) is -7.32. The van der Waals surface area contributed by atoms with Crippen LogP contribution < -0.4 is 0 Å². The third-order valence-corrected chi connectivity index (χ3v) is 0. The zero-order valence-corrected chi connectivity index (χ0v) is 13.9. The first-order valence-corrected chi connectivity index (χ1v) is 6.00. The fourth-order valence-electron chi connectivity index (χ4n) is 0. The summed E-state index contributed by atoms with van der Waals surface area (Å²) in [5.41, 5.74) is 0. The van der Waals surface area contributed by atoms with Crippen molar-refractivity contribution >= 4 is 31.2 Å². The van der Waals surface area contributed by atoms with Crippen molar-refractivity contribution < 1.29 is 109 Å². The van der Waals surface area contributed by atoms with E-state index in [4.69, 9.17) is 52.6 Å². The molecule has 0 bridgehead atoms. The molecule has 134 valence electrons. The van der Waals surface area contributed by atoms with E-state index in [1.807, 2.05) is 0 Å². The van der Waals surface area contributed by atoms with Crippen LogP contribution in [0, 0.1) is 0 Å². The fraction of sp³-hybridized carbons (Fsp3) is 0. The molecular weight excluding hydrogens is 456 g/mol. The smallest absolute Gasteiger partial charge is 0.759 e. The minimum Gasteiger partial charge on any atom is -0.759 e. The molecule has 0 fully saturated rings. The largest absolute Gasteiger partial charge is 3.00 e. The van der Waals surface area contributed by atoms with Crippen LogP contribution in [0.1, 0.15) is 0 Å². The first-order valence-electron chi connectivity index (χ1n) is 2.00. The molecule has 0 saturated carbocycles. The standard InChI is InChI=1S/2Cr.3H2O4S.4H2O/c;;3*1-5(2,3)4;;;;/h;;3*(H2,1,2,3,4);4*1H2/q2*+3;;;;;;;/p-6. The Morgan fingerprint density at radius 3 is 0.381 bits per heavy atom. The summed E-state index contributed by atoms with van der Waals surface area (Å²) >= 11 is 0. The molecule has 0 unspecified atom stereocenters. The first-order chi connectivity index (χ1) is 6.00. The van der Waals surface area contributed by atoms with Crippen LogP contribution in [0.3, 0.4) is 0 Å². The number of hydrogen-bond acceptors (Lipinski definition) is 12. The second kappa shape index (κ2) is 22.8. The summed E-state index contributed by atoms with van der Waals surface area (Å²) in [7, 11) is -15.5. The van der Waals surface area contributed by atoms with Gasteiger partial charge in [-0.2, -0.15) is 0 Å². The van der Waals surface area contributed by atoms with E-state index in [0.717, 1.165) is 0 Å². The summed E-state index contributed by atoms with van der Waals surface area (Å²) in [6.45, 7) is 0. The fourth-order valence-corrected chi connectivity index (χ4v) is 0. The molecule has 8 N–H and O–H groups in total. The van der Waals surface area contributed by atoms with Crippen molar-refractivity contribution in [3.63, 3.8) is 0 Å². The van der Waals surface area contributed by atoms with Crippen LogP contribution in [0.25, 0.3) is 0 Å². The van der Waals surface area contributed by atoms with Gasteiger partial charge in [0.05, 0.1) is 0 Å². The molecule has 0 amide bonds. The third kappa shape index (κ3) is 26500. The second-order valence-electron chi connectivity index (χ2n) is 1.22. The Morgan fingerprint density at radius 2 is 0.381 bits per heavy atom. The van der Waals surface area contributed by atoms with E-state index < -0.39 is 31.2 Å². The SMILES string of the molecule is O.O.O.O.O=S(=O)([O-])[O-].O=S(=O)([O-])[O-].O=S(=O)([O-])[O-].[Cr+3].[Cr+3]. The Labute approximate surface area is 140 Å². The topological polar surface area (TPSA) is 367 Å². The maximum atomic E-state index is 8.52. The Balaban J connectivity index is -0.0000000129. The molecule has 0 aliphatic carbocycles. The van der Waals surface area contributed by atoms with Crippen molar-refractivity contribution in [2.24, 2.45) is 0 Å². The van der Waals surface area contributed by atoms with Gasteiger partial charge in [0.25, 0.3) is 0 Å². The van der Waals surface area contributed by atoms with Crippen LogP contribution in [-0.2, 0) is 65.9 Å². The summed E-state index contributed by atoms with van der Waals surface area (Å²) in [5.74, 6) is 0. The molecule has 2 radical (unpaired) electrons. The summed E-state index contributed by atoms with van der Waals surface area (Å²) in [5, 5.41) is 0. The molecular formula is H8Cr2O16S3. The van der Waals surface area contributed by atoms with Gasteiger partial charge in [-0.15, -0.1) is 0 Å². The van der Waals surface area contributed by atoms with Gasteiger partial charge >= 0.3 is 34.7 Å². The molecule has 0 heterocycles. The summed E-state index contributed by atoms with van der Waals surface area (Å²) in [6, 6.07) is 0. The van der Waals surface area contributed by atoms with Crippen molar-refractivity contribution in [2.75, 3.05) is 0 Å². The maximum Gasteiger partial charge on any atom is 3.00 e. The van der Waals surface area contributed by atoms with Gasteiger partial charge in [0, 0.05) is 31.2 Å². The van der Waals surface area contributed by atoms with Crippen molar-refractivity contribution in [1.29, 1.82) is 0 Å². The Kier molecular flexibility index (Phi) is 62.7. The molecule has 0 aromatic heterocycles. The van der Waals surface area contributed by atoms with Crippen LogP contribution >= 0.6 is 0 Å². The molecule has 0 aliphatic heterocycles. The van der Waals surface area contributed by atoms with E-state index in [1.165, 1.54) is 0 Å². The van der Waals surface area contributed by atoms with Gasteiger partial charge < -0.3 is 49.2 Å². The first kappa shape index (κ1) is 57.8. The van der Waals surface area contributed by atoms with Crippen molar-refractivity contribution in [3.8, 4) is 0 Å². The van der Waals surface area contributed by atoms with Gasteiger partial charge in [-0.3, -0.25) is 25.3 Å². The molecule has 21 heteroatoms. The molecule has 0 aliphatic rings. The van der Waals surface area contributed by atoms with Crippen molar-refractivity contribution in [3.05, 3.63) is 0 Å². The van der Waals surface area contributed by atoms with Crippen molar-refractivity contribution in [2.45, 2.75) is 0 Å². The maximum absolute atomic E-state index is 8.52. The monoisotopic (exact) mass is 464 g/mol. The van der Waals surface area contributed by atoms with Crippen LogP contribution in [-0.4, -0.2) is 74.5 Å².